The average Bonchev–Trinajstić information content (AvgIpc) is 2.74. The lowest BCUT2D eigenvalue weighted by Crippen LogP contribution is -2.36. The lowest BCUT2D eigenvalue weighted by Gasteiger charge is -2.23. The number of amides is 2. The molecule has 3 aromatic rings. The van der Waals surface area contributed by atoms with E-state index >= 15 is 0 Å². The molecule has 3 N–H and O–H groups in total. The zero-order valence-electron chi connectivity index (χ0n) is 17.5. The average molecular weight is 453 g/mol. The number of hydrogen-bond acceptors (Lipinski definition) is 5. The third kappa shape index (κ3) is 4.72. The number of rotatable bonds is 5. The number of fused-ring (bicyclic) bond motifs is 1. The Bertz CT molecular complexity index is 1270. The van der Waals surface area contributed by atoms with Gasteiger partial charge in [-0.3, -0.25) is 14.4 Å². The molecule has 2 heterocycles. The van der Waals surface area contributed by atoms with Crippen molar-refractivity contribution >= 4 is 35.1 Å². The number of halogens is 1. The second-order valence-electron chi connectivity index (χ2n) is 7.66. The van der Waals surface area contributed by atoms with Crippen LogP contribution in [-0.4, -0.2) is 21.8 Å². The number of thioether (sulfide) groups is 1. The van der Waals surface area contributed by atoms with Crippen LogP contribution in [0.4, 0.5) is 15.9 Å². The fraction of sp³-hybridized carbons (Fsp3) is 0.217. The monoisotopic (exact) mass is 452 g/mol. The van der Waals surface area contributed by atoms with Crippen LogP contribution >= 0.6 is 11.8 Å². The number of aromatic nitrogens is 2. The van der Waals surface area contributed by atoms with Gasteiger partial charge in [0, 0.05) is 17.9 Å². The first-order valence-electron chi connectivity index (χ1n) is 9.99. The summed E-state index contributed by atoms with van der Waals surface area (Å²) in [4.78, 5) is 45.1. The Balaban J connectivity index is 1.59. The van der Waals surface area contributed by atoms with E-state index in [0.29, 0.717) is 16.5 Å². The maximum atomic E-state index is 13.6. The summed E-state index contributed by atoms with van der Waals surface area (Å²) in [5, 5.41) is 5.57. The Hall–Kier alpha value is -3.46. The van der Waals surface area contributed by atoms with Gasteiger partial charge in [0.25, 0.3) is 5.56 Å². The predicted molar refractivity (Wildman–Crippen MR) is 121 cm³/mol. The van der Waals surface area contributed by atoms with E-state index in [4.69, 9.17) is 0 Å². The van der Waals surface area contributed by atoms with E-state index in [2.05, 4.69) is 20.6 Å². The zero-order chi connectivity index (χ0) is 22.8. The van der Waals surface area contributed by atoms with Gasteiger partial charge in [0.15, 0.2) is 5.16 Å². The van der Waals surface area contributed by atoms with Crippen LogP contribution in [0.25, 0.3) is 0 Å². The van der Waals surface area contributed by atoms with Crippen LogP contribution in [0.2, 0.25) is 0 Å². The van der Waals surface area contributed by atoms with E-state index in [0.717, 1.165) is 11.1 Å². The highest BCUT2D eigenvalue weighted by molar-refractivity contribution is 7.98. The fourth-order valence-corrected chi connectivity index (χ4v) is 4.35. The second-order valence-corrected chi connectivity index (χ2v) is 8.63. The smallest absolute Gasteiger partial charge is 0.257 e. The number of nitrogens with zero attached hydrogens (tertiary/aromatic N) is 1. The van der Waals surface area contributed by atoms with Crippen LogP contribution in [0.1, 0.15) is 34.6 Å². The van der Waals surface area contributed by atoms with Gasteiger partial charge in [-0.05, 0) is 37.1 Å². The summed E-state index contributed by atoms with van der Waals surface area (Å²) in [6.07, 6.45) is -0.201. The Morgan fingerprint density at radius 2 is 2.03 bits per heavy atom. The van der Waals surface area contributed by atoms with Gasteiger partial charge in [0.1, 0.15) is 11.6 Å². The summed E-state index contributed by atoms with van der Waals surface area (Å²) in [6.45, 7) is 3.72. The number of anilines is 2. The van der Waals surface area contributed by atoms with Gasteiger partial charge >= 0.3 is 0 Å². The van der Waals surface area contributed by atoms with Gasteiger partial charge in [-0.2, -0.15) is 0 Å². The van der Waals surface area contributed by atoms with Gasteiger partial charge in [0.2, 0.25) is 11.8 Å². The standard InChI is InChI=1S/C23H21FN4O3S/c1-12-4-3-5-14(8-12)11-32-23-27-20-19(22(31)28-23)16(10-18(29)26-20)21(30)25-17-9-15(24)7-6-13(17)2/h3-9,16H,10-11H2,1-2H3,(H,25,30)(H2,26,27,28,29,31). The van der Waals surface area contributed by atoms with Crippen molar-refractivity contribution in [1.82, 2.24) is 9.97 Å². The molecule has 0 saturated heterocycles. The summed E-state index contributed by atoms with van der Waals surface area (Å²) >= 11 is 1.33. The normalized spacial score (nSPS) is 15.1. The van der Waals surface area contributed by atoms with Crippen molar-refractivity contribution in [1.29, 1.82) is 0 Å². The lowest BCUT2D eigenvalue weighted by atomic mass is 9.92. The molecule has 7 nitrogen and oxygen atoms in total. The quantitative estimate of drug-likeness (QED) is 0.403. The Morgan fingerprint density at radius 1 is 1.22 bits per heavy atom. The fourth-order valence-electron chi connectivity index (χ4n) is 3.55. The summed E-state index contributed by atoms with van der Waals surface area (Å²) in [5.74, 6) is -1.85. The number of nitrogens with one attached hydrogen (secondary N) is 3. The maximum Gasteiger partial charge on any atom is 0.257 e. The summed E-state index contributed by atoms with van der Waals surface area (Å²) in [7, 11) is 0. The molecule has 1 aliphatic rings. The molecule has 1 atom stereocenters. The molecule has 2 aromatic carbocycles. The van der Waals surface area contributed by atoms with E-state index < -0.39 is 29.1 Å². The summed E-state index contributed by atoms with van der Waals surface area (Å²) in [5.41, 5.74) is 2.76. The van der Waals surface area contributed by atoms with Crippen LogP contribution in [-0.2, 0) is 15.3 Å². The second kappa shape index (κ2) is 8.96. The highest BCUT2D eigenvalue weighted by atomic mass is 32.2. The maximum absolute atomic E-state index is 13.6. The van der Waals surface area contributed by atoms with Crippen molar-refractivity contribution in [3.63, 3.8) is 0 Å². The molecule has 0 radical (unpaired) electrons. The number of carbonyl (C=O) groups excluding carboxylic acids is 2. The molecule has 0 spiro atoms. The van der Waals surface area contributed by atoms with Crippen molar-refractivity contribution < 1.29 is 14.0 Å². The van der Waals surface area contributed by atoms with Gasteiger partial charge in [0.05, 0.1) is 11.5 Å². The van der Waals surface area contributed by atoms with Crippen molar-refractivity contribution in [3.05, 3.63) is 80.9 Å². The topological polar surface area (TPSA) is 104 Å². The third-order valence-corrected chi connectivity index (χ3v) is 6.11. The molecule has 0 bridgehead atoms. The highest BCUT2D eigenvalue weighted by Gasteiger charge is 2.35. The Morgan fingerprint density at radius 3 is 2.81 bits per heavy atom. The lowest BCUT2D eigenvalue weighted by molar-refractivity contribution is -0.123. The Labute approximate surface area is 187 Å². The molecular formula is C23H21FN4O3S. The highest BCUT2D eigenvalue weighted by Crippen LogP contribution is 2.31. The molecule has 9 heteroatoms. The van der Waals surface area contributed by atoms with Crippen LogP contribution in [0.5, 0.6) is 0 Å². The van der Waals surface area contributed by atoms with Crippen LogP contribution in [0.15, 0.2) is 52.4 Å². The number of carbonyl (C=O) groups is 2. The molecular weight excluding hydrogens is 431 g/mol. The van der Waals surface area contributed by atoms with Gasteiger partial charge < -0.3 is 15.6 Å². The largest absolute Gasteiger partial charge is 0.325 e. The number of hydrogen-bond donors (Lipinski definition) is 3. The van der Waals surface area contributed by atoms with E-state index in [9.17, 15) is 18.8 Å². The first kappa shape index (κ1) is 21.8. The third-order valence-electron chi connectivity index (χ3n) is 5.16. The molecule has 164 valence electrons. The molecule has 1 aliphatic heterocycles. The summed E-state index contributed by atoms with van der Waals surface area (Å²) < 4.78 is 13.6. The van der Waals surface area contributed by atoms with Gasteiger partial charge in [-0.1, -0.05) is 47.7 Å². The Kier molecular flexibility index (Phi) is 6.09. The molecule has 0 saturated carbocycles. The first-order valence-corrected chi connectivity index (χ1v) is 11.0. The molecule has 32 heavy (non-hydrogen) atoms. The first-order chi connectivity index (χ1) is 15.3. The van der Waals surface area contributed by atoms with E-state index in [1.807, 2.05) is 31.2 Å². The molecule has 1 unspecified atom stereocenters. The predicted octanol–water partition coefficient (Wildman–Crippen LogP) is 3.88. The van der Waals surface area contributed by atoms with Crippen molar-refractivity contribution in [3.8, 4) is 0 Å². The van der Waals surface area contributed by atoms with E-state index in [1.165, 1.54) is 23.9 Å². The van der Waals surface area contributed by atoms with Gasteiger partial charge in [-0.25, -0.2) is 9.37 Å². The van der Waals surface area contributed by atoms with Crippen LogP contribution < -0.4 is 16.2 Å². The van der Waals surface area contributed by atoms with Crippen molar-refractivity contribution in [2.45, 2.75) is 37.1 Å². The molecule has 2 amide bonds. The van der Waals surface area contributed by atoms with Crippen LogP contribution in [0.3, 0.4) is 0 Å². The molecule has 4 rings (SSSR count). The molecule has 0 aliphatic carbocycles. The minimum atomic E-state index is -1.03. The van der Waals surface area contributed by atoms with Crippen molar-refractivity contribution in [2.24, 2.45) is 0 Å². The number of H-pyrrole nitrogens is 1. The van der Waals surface area contributed by atoms with Gasteiger partial charge in [-0.15, -0.1) is 0 Å². The summed E-state index contributed by atoms with van der Waals surface area (Å²) in [6, 6.07) is 12.0. The zero-order valence-corrected chi connectivity index (χ0v) is 18.3. The number of benzene rings is 2. The molecule has 1 aromatic heterocycles. The van der Waals surface area contributed by atoms with E-state index in [-0.39, 0.29) is 23.5 Å². The van der Waals surface area contributed by atoms with E-state index in [1.54, 1.807) is 13.0 Å². The molecule has 0 fully saturated rings. The minimum absolute atomic E-state index is 0.0767. The van der Waals surface area contributed by atoms with Crippen LogP contribution in [0, 0.1) is 19.7 Å². The van der Waals surface area contributed by atoms with Crippen molar-refractivity contribution in [2.75, 3.05) is 10.6 Å². The SMILES string of the molecule is Cc1cccc(CSc2nc3c(c(=O)[nH]2)C(C(=O)Nc2cc(F)ccc2C)CC(=O)N3)c1. The minimum Gasteiger partial charge on any atom is -0.325 e. The number of aromatic amines is 1. The number of aryl methyl sites for hydroxylation is 2.